The fraction of sp³-hybridized carbons (Fsp3) is 0.522. The van der Waals surface area contributed by atoms with Crippen molar-refractivity contribution in [2.45, 2.75) is 65.0 Å². The molecule has 1 aliphatic carbocycles. The van der Waals surface area contributed by atoms with E-state index in [1.807, 2.05) is 13.0 Å². The number of thiophene rings is 1. The fourth-order valence-electron chi connectivity index (χ4n) is 4.25. The SMILES string of the molecule is Cc1ccc([C@H]2C3=C(CC(C)(C)CC3=O)Nc3nc(SCCC(C)C)[nH]c(=O)c32)s1. The highest BCUT2D eigenvalue weighted by Gasteiger charge is 2.42. The zero-order valence-electron chi connectivity index (χ0n) is 18.2. The van der Waals surface area contributed by atoms with Crippen molar-refractivity contribution in [2.75, 3.05) is 11.1 Å². The Morgan fingerprint density at radius 1 is 1.27 bits per heavy atom. The van der Waals surface area contributed by atoms with Gasteiger partial charge in [-0.05, 0) is 43.2 Å². The van der Waals surface area contributed by atoms with E-state index in [-0.39, 0.29) is 22.7 Å². The van der Waals surface area contributed by atoms with Crippen LogP contribution in [0.1, 0.15) is 68.2 Å². The summed E-state index contributed by atoms with van der Waals surface area (Å²) in [7, 11) is 0. The molecule has 30 heavy (non-hydrogen) atoms. The van der Waals surface area contributed by atoms with Gasteiger partial charge in [0.2, 0.25) is 0 Å². The molecule has 0 spiro atoms. The van der Waals surface area contributed by atoms with E-state index in [1.165, 1.54) is 4.88 Å². The normalized spacial score (nSPS) is 20.2. The Labute approximate surface area is 185 Å². The summed E-state index contributed by atoms with van der Waals surface area (Å²) in [5.41, 5.74) is 1.98. The van der Waals surface area contributed by atoms with Crippen LogP contribution in [0.2, 0.25) is 0 Å². The molecular formula is C23H29N3O2S2. The largest absolute Gasteiger partial charge is 0.343 e. The van der Waals surface area contributed by atoms with Crippen LogP contribution in [0.5, 0.6) is 0 Å². The van der Waals surface area contributed by atoms with Crippen molar-refractivity contribution < 1.29 is 4.79 Å². The molecule has 0 aromatic carbocycles. The van der Waals surface area contributed by atoms with Crippen LogP contribution in [0.4, 0.5) is 5.82 Å². The molecule has 0 saturated carbocycles. The number of anilines is 1. The first kappa shape index (κ1) is 21.4. The second kappa shape index (κ2) is 8.00. The van der Waals surface area contributed by atoms with Crippen molar-refractivity contribution in [3.63, 3.8) is 0 Å². The molecule has 2 aromatic heterocycles. The van der Waals surface area contributed by atoms with Gasteiger partial charge in [-0.25, -0.2) is 4.98 Å². The third-order valence-corrected chi connectivity index (χ3v) is 7.65. The number of thioether (sulfide) groups is 1. The monoisotopic (exact) mass is 443 g/mol. The third kappa shape index (κ3) is 4.14. The van der Waals surface area contributed by atoms with Crippen molar-refractivity contribution in [3.8, 4) is 0 Å². The minimum atomic E-state index is -0.343. The predicted octanol–water partition coefficient (Wildman–Crippen LogP) is 5.48. The molecule has 2 aliphatic rings. The Kier molecular flexibility index (Phi) is 5.70. The Morgan fingerprint density at radius 3 is 2.70 bits per heavy atom. The molecule has 1 aliphatic heterocycles. The van der Waals surface area contributed by atoms with Crippen LogP contribution in [0.3, 0.4) is 0 Å². The maximum absolute atomic E-state index is 13.2. The summed E-state index contributed by atoms with van der Waals surface area (Å²) in [5, 5.41) is 4.03. The Morgan fingerprint density at radius 2 is 2.03 bits per heavy atom. The van der Waals surface area contributed by atoms with E-state index in [4.69, 9.17) is 4.98 Å². The molecule has 2 aromatic rings. The number of carbonyl (C=O) groups excluding carboxylic acids is 1. The summed E-state index contributed by atoms with van der Waals surface area (Å²) in [5.74, 6) is 1.90. The summed E-state index contributed by atoms with van der Waals surface area (Å²) < 4.78 is 0. The lowest BCUT2D eigenvalue weighted by Gasteiger charge is -2.38. The molecule has 4 rings (SSSR count). The van der Waals surface area contributed by atoms with Gasteiger partial charge < -0.3 is 10.3 Å². The van der Waals surface area contributed by atoms with E-state index < -0.39 is 0 Å². The summed E-state index contributed by atoms with van der Waals surface area (Å²) >= 11 is 3.23. The molecule has 0 amide bonds. The first-order valence-corrected chi connectivity index (χ1v) is 12.3. The van der Waals surface area contributed by atoms with Crippen LogP contribution in [-0.2, 0) is 4.79 Å². The zero-order valence-corrected chi connectivity index (χ0v) is 19.9. The summed E-state index contributed by atoms with van der Waals surface area (Å²) in [6.07, 6.45) is 2.34. The summed E-state index contributed by atoms with van der Waals surface area (Å²) in [4.78, 5) is 36.3. The Balaban J connectivity index is 1.81. The number of hydrogen-bond donors (Lipinski definition) is 2. The number of H-pyrrole nitrogens is 1. The standard InChI is InChI=1S/C23H29N3O2S2/c1-12(2)8-9-29-22-25-20-19(21(28)26-22)18(16-7-6-13(3)30-16)17-14(24-20)10-23(4,5)11-15(17)27/h6-7,12,18H,8-11H2,1-5H3,(H2,24,25,26,28)/t18-/m0/s1. The topological polar surface area (TPSA) is 74.8 Å². The number of aryl methyl sites for hydroxylation is 1. The highest BCUT2D eigenvalue weighted by molar-refractivity contribution is 7.99. The van der Waals surface area contributed by atoms with Gasteiger partial charge in [0.25, 0.3) is 5.56 Å². The Bertz CT molecular complexity index is 1080. The number of aromatic nitrogens is 2. The van der Waals surface area contributed by atoms with Crippen LogP contribution in [-0.4, -0.2) is 21.5 Å². The van der Waals surface area contributed by atoms with Gasteiger partial charge in [-0.1, -0.05) is 39.5 Å². The number of rotatable bonds is 5. The molecular weight excluding hydrogens is 414 g/mol. The smallest absolute Gasteiger partial charge is 0.257 e. The number of hydrogen-bond acceptors (Lipinski definition) is 6. The number of ketones is 1. The molecule has 0 fully saturated rings. The predicted molar refractivity (Wildman–Crippen MR) is 125 cm³/mol. The molecule has 3 heterocycles. The van der Waals surface area contributed by atoms with Crippen LogP contribution < -0.4 is 10.9 Å². The van der Waals surface area contributed by atoms with E-state index in [0.29, 0.717) is 28.9 Å². The molecule has 0 unspecified atom stereocenters. The van der Waals surface area contributed by atoms with Crippen molar-refractivity contribution in [1.29, 1.82) is 0 Å². The van der Waals surface area contributed by atoms with Crippen molar-refractivity contribution in [2.24, 2.45) is 11.3 Å². The quantitative estimate of drug-likeness (QED) is 0.473. The number of allylic oxidation sites excluding steroid dienone is 2. The Hall–Kier alpha value is -1.86. The van der Waals surface area contributed by atoms with Crippen LogP contribution >= 0.6 is 23.1 Å². The van der Waals surface area contributed by atoms with Crippen molar-refractivity contribution >= 4 is 34.7 Å². The lowest BCUT2D eigenvalue weighted by molar-refractivity contribution is -0.118. The van der Waals surface area contributed by atoms with Crippen molar-refractivity contribution in [3.05, 3.63) is 49.1 Å². The first-order chi connectivity index (χ1) is 14.1. The van der Waals surface area contributed by atoms with Gasteiger partial charge in [0, 0.05) is 33.2 Å². The van der Waals surface area contributed by atoms with Gasteiger partial charge >= 0.3 is 0 Å². The number of nitrogens with one attached hydrogen (secondary N) is 2. The van der Waals surface area contributed by atoms with E-state index in [1.54, 1.807) is 23.1 Å². The minimum Gasteiger partial charge on any atom is -0.343 e. The number of Topliss-reactive ketones (excluding diaryl/α,β-unsaturated/α-hetero) is 1. The molecule has 0 bridgehead atoms. The molecule has 7 heteroatoms. The van der Waals surface area contributed by atoms with Gasteiger partial charge in [-0.3, -0.25) is 9.59 Å². The number of fused-ring (bicyclic) bond motifs is 1. The fourth-order valence-corrected chi connectivity index (χ4v) is 6.35. The maximum Gasteiger partial charge on any atom is 0.257 e. The van der Waals surface area contributed by atoms with E-state index in [9.17, 15) is 9.59 Å². The molecule has 1 atom stereocenters. The molecule has 2 N–H and O–H groups in total. The zero-order chi connectivity index (χ0) is 21.6. The van der Waals surface area contributed by atoms with Gasteiger partial charge in [0.1, 0.15) is 5.82 Å². The second-order valence-corrected chi connectivity index (χ2v) is 11.9. The van der Waals surface area contributed by atoms with Gasteiger partial charge in [-0.2, -0.15) is 0 Å². The number of nitrogens with zero attached hydrogens (tertiary/aromatic N) is 1. The minimum absolute atomic E-state index is 0.105. The third-order valence-electron chi connectivity index (χ3n) is 5.68. The van der Waals surface area contributed by atoms with Crippen LogP contribution in [0, 0.1) is 18.3 Å². The number of carbonyl (C=O) groups is 1. The van der Waals surface area contributed by atoms with Crippen LogP contribution in [0.15, 0.2) is 33.4 Å². The highest BCUT2D eigenvalue weighted by atomic mass is 32.2. The lowest BCUT2D eigenvalue weighted by atomic mass is 9.70. The molecule has 160 valence electrons. The lowest BCUT2D eigenvalue weighted by Crippen LogP contribution is -2.36. The molecule has 0 saturated heterocycles. The van der Waals surface area contributed by atoms with Gasteiger partial charge in [0.15, 0.2) is 10.9 Å². The van der Waals surface area contributed by atoms with Gasteiger partial charge in [0.05, 0.1) is 11.5 Å². The second-order valence-electron chi connectivity index (χ2n) is 9.50. The van der Waals surface area contributed by atoms with E-state index >= 15 is 0 Å². The molecule has 0 radical (unpaired) electrons. The summed E-state index contributed by atoms with van der Waals surface area (Å²) in [6.45, 7) is 10.7. The van der Waals surface area contributed by atoms with Crippen molar-refractivity contribution in [1.82, 2.24) is 9.97 Å². The first-order valence-electron chi connectivity index (χ1n) is 10.5. The van der Waals surface area contributed by atoms with Crippen LogP contribution in [0.25, 0.3) is 0 Å². The van der Waals surface area contributed by atoms with E-state index in [0.717, 1.165) is 34.7 Å². The molecule has 5 nitrogen and oxygen atoms in total. The summed E-state index contributed by atoms with van der Waals surface area (Å²) in [6, 6.07) is 4.10. The van der Waals surface area contributed by atoms with E-state index in [2.05, 4.69) is 44.1 Å². The maximum atomic E-state index is 13.2. The average molecular weight is 444 g/mol. The van der Waals surface area contributed by atoms with Gasteiger partial charge in [-0.15, -0.1) is 11.3 Å². The highest BCUT2D eigenvalue weighted by Crippen LogP contribution is 2.48. The average Bonchev–Trinajstić information content (AvgIpc) is 3.04. The number of aromatic amines is 1.